The molecule has 4 aromatic rings. The van der Waals surface area contributed by atoms with Gasteiger partial charge in [0.25, 0.3) is 0 Å². The molecule has 0 N–H and O–H groups in total. The molecule has 0 amide bonds. The summed E-state index contributed by atoms with van der Waals surface area (Å²) in [5, 5.41) is 0. The number of halogens is 4. The molecule has 3 nitrogen and oxygen atoms in total. The summed E-state index contributed by atoms with van der Waals surface area (Å²) < 4.78 is 70.8. The summed E-state index contributed by atoms with van der Waals surface area (Å²) in [6, 6.07) is 20.6. The summed E-state index contributed by atoms with van der Waals surface area (Å²) in [5.74, 6) is -2.38. The third-order valence-corrected chi connectivity index (χ3v) is 4.76. The Morgan fingerprint density at radius 3 is 1.24 bits per heavy atom. The average Bonchev–Trinajstić information content (AvgIpc) is 2.80. The van der Waals surface area contributed by atoms with Crippen molar-refractivity contribution in [2.75, 3.05) is 0 Å². The predicted molar refractivity (Wildman–Crippen MR) is 119 cm³/mol. The fourth-order valence-corrected chi connectivity index (χ4v) is 3.28. The molecule has 4 rings (SSSR count). The van der Waals surface area contributed by atoms with Crippen LogP contribution in [0, 0.1) is 23.3 Å². The summed E-state index contributed by atoms with van der Waals surface area (Å²) in [4.78, 5) is 0. The Bertz CT molecular complexity index is 1150. The predicted octanol–water partition coefficient (Wildman–Crippen LogP) is 6.98. The van der Waals surface area contributed by atoms with Crippen LogP contribution in [0.2, 0.25) is 0 Å². The lowest BCUT2D eigenvalue weighted by atomic mass is 10.1. The first-order valence-corrected chi connectivity index (χ1v) is 10.4. The van der Waals surface area contributed by atoms with Gasteiger partial charge in [0.2, 0.25) is 0 Å². The van der Waals surface area contributed by atoms with Crippen LogP contribution in [0.15, 0.2) is 84.9 Å². The molecule has 0 aromatic heterocycles. The van der Waals surface area contributed by atoms with Gasteiger partial charge < -0.3 is 14.2 Å². The van der Waals surface area contributed by atoms with Crippen molar-refractivity contribution in [3.05, 3.63) is 125 Å². The summed E-state index contributed by atoms with van der Waals surface area (Å²) >= 11 is 0. The van der Waals surface area contributed by atoms with E-state index in [2.05, 4.69) is 0 Å². The molecule has 0 aliphatic heterocycles. The number of benzene rings is 4. The molecule has 0 radical (unpaired) electrons. The highest BCUT2D eigenvalue weighted by Gasteiger charge is 2.08. The molecule has 0 spiro atoms. The normalized spacial score (nSPS) is 10.7. The van der Waals surface area contributed by atoms with E-state index < -0.39 is 23.3 Å². The Balaban J connectivity index is 1.52. The van der Waals surface area contributed by atoms with Gasteiger partial charge in [-0.3, -0.25) is 0 Å². The van der Waals surface area contributed by atoms with Crippen LogP contribution in [0.3, 0.4) is 0 Å². The Morgan fingerprint density at radius 2 is 0.794 bits per heavy atom. The maximum atomic E-state index is 13.5. The van der Waals surface area contributed by atoms with E-state index >= 15 is 0 Å². The summed E-state index contributed by atoms with van der Waals surface area (Å²) in [5.41, 5.74) is 2.27. The molecule has 174 valence electrons. The molecule has 0 saturated heterocycles. The third kappa shape index (κ3) is 6.75. The first-order chi connectivity index (χ1) is 16.4. The van der Waals surface area contributed by atoms with Crippen LogP contribution in [0.25, 0.3) is 0 Å². The molecule has 0 bridgehead atoms. The Labute approximate surface area is 194 Å². The van der Waals surface area contributed by atoms with E-state index in [1.807, 2.05) is 30.3 Å². The smallest absolute Gasteiger partial charge is 0.129 e. The van der Waals surface area contributed by atoms with Crippen LogP contribution in [0.4, 0.5) is 17.6 Å². The first kappa shape index (κ1) is 23.2. The lowest BCUT2D eigenvalue weighted by Gasteiger charge is -2.13. The topological polar surface area (TPSA) is 27.7 Å². The molecule has 0 aliphatic rings. The number of rotatable bonds is 9. The Morgan fingerprint density at radius 1 is 0.412 bits per heavy atom. The monoisotopic (exact) mass is 468 g/mol. The van der Waals surface area contributed by atoms with Crippen LogP contribution in [-0.2, 0) is 19.8 Å². The SMILES string of the molecule is Fc1cc(F)cc(OCc2cc(COc3cc(F)cc(F)c3)cc(OCc3ccccc3)c2)c1. The summed E-state index contributed by atoms with van der Waals surface area (Å²) in [6.45, 7) is 0.329. The highest BCUT2D eigenvalue weighted by atomic mass is 19.1. The third-order valence-electron chi connectivity index (χ3n) is 4.76. The van der Waals surface area contributed by atoms with Crippen LogP contribution in [0.5, 0.6) is 17.2 Å². The van der Waals surface area contributed by atoms with E-state index in [1.165, 1.54) is 0 Å². The minimum atomic E-state index is -0.744. The van der Waals surface area contributed by atoms with E-state index in [0.717, 1.165) is 42.0 Å². The number of hydrogen-bond acceptors (Lipinski definition) is 3. The fraction of sp³-hybridized carbons (Fsp3) is 0.111. The lowest BCUT2D eigenvalue weighted by molar-refractivity contribution is 0.286. The van der Waals surface area contributed by atoms with Gasteiger partial charge in [0.1, 0.15) is 60.3 Å². The zero-order valence-corrected chi connectivity index (χ0v) is 17.9. The summed E-state index contributed by atoms with van der Waals surface area (Å²) in [6.07, 6.45) is 0. The standard InChI is InChI=1S/C27H20F4O3/c28-21-9-22(29)12-26(11-21)33-16-19-6-20(17-34-27-13-23(30)10-24(31)14-27)8-25(7-19)32-15-18-4-2-1-3-5-18/h1-14H,15-17H2. The maximum absolute atomic E-state index is 13.5. The maximum Gasteiger partial charge on any atom is 0.129 e. The molecule has 0 unspecified atom stereocenters. The van der Waals surface area contributed by atoms with Crippen LogP contribution >= 0.6 is 0 Å². The van der Waals surface area contributed by atoms with E-state index in [9.17, 15) is 17.6 Å². The van der Waals surface area contributed by atoms with Crippen LogP contribution < -0.4 is 14.2 Å². The van der Waals surface area contributed by atoms with Gasteiger partial charge >= 0.3 is 0 Å². The summed E-state index contributed by atoms with van der Waals surface area (Å²) in [7, 11) is 0. The van der Waals surface area contributed by atoms with Crippen molar-refractivity contribution in [3.8, 4) is 17.2 Å². The van der Waals surface area contributed by atoms with E-state index in [-0.39, 0.29) is 24.7 Å². The second-order valence-corrected chi connectivity index (χ2v) is 7.55. The lowest BCUT2D eigenvalue weighted by Crippen LogP contribution is -2.03. The van der Waals surface area contributed by atoms with E-state index in [0.29, 0.717) is 23.5 Å². The minimum absolute atomic E-state index is 0.00697. The van der Waals surface area contributed by atoms with Crippen molar-refractivity contribution in [3.63, 3.8) is 0 Å². The zero-order chi connectivity index (χ0) is 23.9. The quantitative estimate of drug-likeness (QED) is 0.248. The highest BCUT2D eigenvalue weighted by Crippen LogP contribution is 2.24. The molecule has 0 saturated carbocycles. The fourth-order valence-electron chi connectivity index (χ4n) is 3.28. The van der Waals surface area contributed by atoms with Crippen molar-refractivity contribution < 1.29 is 31.8 Å². The van der Waals surface area contributed by atoms with Gasteiger partial charge in [0.15, 0.2) is 0 Å². The van der Waals surface area contributed by atoms with Gasteiger partial charge in [-0.15, -0.1) is 0 Å². The van der Waals surface area contributed by atoms with Crippen molar-refractivity contribution in [1.82, 2.24) is 0 Å². The molecule has 34 heavy (non-hydrogen) atoms. The minimum Gasteiger partial charge on any atom is -0.489 e. The first-order valence-electron chi connectivity index (χ1n) is 10.4. The Kier molecular flexibility index (Phi) is 7.32. The molecule has 0 atom stereocenters. The number of hydrogen-bond donors (Lipinski definition) is 0. The van der Waals surface area contributed by atoms with Crippen LogP contribution in [-0.4, -0.2) is 0 Å². The molecular formula is C27H20F4O3. The van der Waals surface area contributed by atoms with Crippen molar-refractivity contribution >= 4 is 0 Å². The van der Waals surface area contributed by atoms with Gasteiger partial charge in [0.05, 0.1) is 0 Å². The molecule has 0 aliphatic carbocycles. The molecule has 0 fully saturated rings. The highest BCUT2D eigenvalue weighted by molar-refractivity contribution is 5.35. The van der Waals surface area contributed by atoms with Gasteiger partial charge in [-0.25, -0.2) is 17.6 Å². The van der Waals surface area contributed by atoms with Gasteiger partial charge in [-0.2, -0.15) is 0 Å². The number of ether oxygens (including phenoxy) is 3. The van der Waals surface area contributed by atoms with Crippen molar-refractivity contribution in [1.29, 1.82) is 0 Å². The zero-order valence-electron chi connectivity index (χ0n) is 17.9. The van der Waals surface area contributed by atoms with Crippen molar-refractivity contribution in [2.24, 2.45) is 0 Å². The molecule has 7 heteroatoms. The van der Waals surface area contributed by atoms with Gasteiger partial charge in [-0.1, -0.05) is 30.3 Å². The largest absolute Gasteiger partial charge is 0.489 e. The van der Waals surface area contributed by atoms with Crippen LogP contribution in [0.1, 0.15) is 16.7 Å². The molecule has 4 aromatic carbocycles. The molecular weight excluding hydrogens is 448 g/mol. The Hall–Kier alpha value is -4.00. The second-order valence-electron chi connectivity index (χ2n) is 7.55. The van der Waals surface area contributed by atoms with E-state index in [1.54, 1.807) is 18.2 Å². The van der Waals surface area contributed by atoms with Gasteiger partial charge in [-0.05, 0) is 34.9 Å². The average molecular weight is 468 g/mol. The van der Waals surface area contributed by atoms with E-state index in [4.69, 9.17) is 14.2 Å². The second kappa shape index (κ2) is 10.7. The van der Waals surface area contributed by atoms with Crippen molar-refractivity contribution in [2.45, 2.75) is 19.8 Å². The molecule has 0 heterocycles. The van der Waals surface area contributed by atoms with Gasteiger partial charge in [0, 0.05) is 36.4 Å².